The van der Waals surface area contributed by atoms with Gasteiger partial charge in [0.15, 0.2) is 0 Å². The molecule has 3 aromatic heterocycles. The molecule has 2 aliphatic rings. The molecule has 1 saturated heterocycles. The van der Waals surface area contributed by atoms with Gasteiger partial charge in [-0.05, 0) is 62.2 Å². The number of carbonyl (C=O) groups is 2. The molecule has 1 fully saturated rings. The smallest absolute Gasteiger partial charge is 0.414 e. The first-order valence-corrected chi connectivity index (χ1v) is 12.5. The van der Waals surface area contributed by atoms with E-state index >= 15 is 0 Å². The molecule has 0 spiro atoms. The third-order valence-corrected chi connectivity index (χ3v) is 7.68. The molecule has 0 bridgehead atoms. The van der Waals surface area contributed by atoms with Crippen LogP contribution in [0, 0.1) is 0 Å². The summed E-state index contributed by atoms with van der Waals surface area (Å²) in [7, 11) is 0. The Labute approximate surface area is 193 Å². The van der Waals surface area contributed by atoms with Crippen LogP contribution >= 0.6 is 22.7 Å². The first kappa shape index (κ1) is 22.6. The van der Waals surface area contributed by atoms with Crippen LogP contribution < -0.4 is 5.32 Å². The van der Waals surface area contributed by atoms with E-state index in [1.165, 1.54) is 77.1 Å². The third-order valence-electron chi connectivity index (χ3n) is 5.62. The normalized spacial score (nSPS) is 15.8. The molecule has 0 unspecified atom stereocenters. The molecular formula is C22H26N4O4S2. The molecule has 0 radical (unpaired) electrons. The van der Waals surface area contributed by atoms with Gasteiger partial charge in [0.2, 0.25) is 0 Å². The van der Waals surface area contributed by atoms with Gasteiger partial charge in [-0.15, -0.1) is 22.7 Å². The lowest BCUT2D eigenvalue weighted by Crippen LogP contribution is -2.30. The molecular weight excluding hydrogens is 448 g/mol. The van der Waals surface area contributed by atoms with E-state index in [1.54, 1.807) is 11.3 Å². The second-order valence-electron chi connectivity index (χ2n) is 7.91. The highest BCUT2D eigenvalue weighted by molar-refractivity contribution is 7.19. The number of anilines is 1. The zero-order valence-electron chi connectivity index (χ0n) is 17.7. The van der Waals surface area contributed by atoms with Crippen molar-refractivity contribution in [2.24, 2.45) is 0 Å². The number of rotatable bonds is 5. The standard InChI is InChI=1S/C20H24N4S2.C2H2O4/c1-2-9-24(10-3-1)13-17-22-19(21-12-14-6-5-11-25-14)18-15-7-4-8-16(15)26-20(18)23-17;3-1(4)2(5)6/h5-6,11H,1-4,7-10,12-13H2,(H,21,22,23);(H,3,4)(H,5,6). The molecule has 5 rings (SSSR count). The first-order chi connectivity index (χ1) is 15.5. The van der Waals surface area contributed by atoms with Crippen molar-refractivity contribution in [2.75, 3.05) is 18.4 Å². The zero-order valence-corrected chi connectivity index (χ0v) is 19.3. The third kappa shape index (κ3) is 5.43. The van der Waals surface area contributed by atoms with Crippen LogP contribution in [0.1, 0.15) is 46.8 Å². The van der Waals surface area contributed by atoms with E-state index in [1.807, 2.05) is 11.3 Å². The summed E-state index contributed by atoms with van der Waals surface area (Å²) in [6.45, 7) is 4.09. The van der Waals surface area contributed by atoms with Crippen molar-refractivity contribution in [2.45, 2.75) is 51.6 Å². The van der Waals surface area contributed by atoms with Crippen molar-refractivity contribution >= 4 is 50.6 Å². The number of nitrogens with zero attached hydrogens (tertiary/aromatic N) is 3. The van der Waals surface area contributed by atoms with Crippen LogP contribution in [0.15, 0.2) is 17.5 Å². The second kappa shape index (κ2) is 10.4. The van der Waals surface area contributed by atoms with Crippen LogP contribution in [0.3, 0.4) is 0 Å². The molecule has 1 aliphatic carbocycles. The van der Waals surface area contributed by atoms with Crippen LogP contribution in [-0.4, -0.2) is 50.1 Å². The van der Waals surface area contributed by atoms with E-state index in [2.05, 4.69) is 27.7 Å². The Morgan fingerprint density at radius 1 is 1.06 bits per heavy atom. The maximum absolute atomic E-state index is 9.10. The highest BCUT2D eigenvalue weighted by Crippen LogP contribution is 2.39. The summed E-state index contributed by atoms with van der Waals surface area (Å²) in [6, 6.07) is 4.30. The van der Waals surface area contributed by atoms with Gasteiger partial charge in [0.25, 0.3) is 0 Å². The van der Waals surface area contributed by atoms with Gasteiger partial charge in [0, 0.05) is 9.75 Å². The van der Waals surface area contributed by atoms with Crippen LogP contribution in [0.4, 0.5) is 5.82 Å². The number of carboxylic acid groups (broad SMARTS) is 2. The largest absolute Gasteiger partial charge is 0.473 e. The topological polar surface area (TPSA) is 116 Å². The summed E-state index contributed by atoms with van der Waals surface area (Å²) >= 11 is 3.69. The fraction of sp³-hybridized carbons (Fsp3) is 0.455. The van der Waals surface area contributed by atoms with E-state index in [4.69, 9.17) is 29.8 Å². The molecule has 0 aromatic carbocycles. The molecule has 0 saturated carbocycles. The van der Waals surface area contributed by atoms with Crippen molar-refractivity contribution in [3.63, 3.8) is 0 Å². The molecule has 170 valence electrons. The molecule has 0 amide bonds. The van der Waals surface area contributed by atoms with E-state index in [0.717, 1.165) is 24.7 Å². The summed E-state index contributed by atoms with van der Waals surface area (Å²) in [4.78, 5) is 34.7. The number of fused-ring (bicyclic) bond motifs is 3. The Balaban J connectivity index is 0.000000363. The second-order valence-corrected chi connectivity index (χ2v) is 10.0. The van der Waals surface area contributed by atoms with Crippen LogP contribution in [-0.2, 0) is 35.5 Å². The van der Waals surface area contributed by atoms with Gasteiger partial charge >= 0.3 is 11.9 Å². The average molecular weight is 475 g/mol. The molecule has 0 atom stereocenters. The zero-order chi connectivity index (χ0) is 22.5. The molecule has 1 aliphatic heterocycles. The summed E-state index contributed by atoms with van der Waals surface area (Å²) in [6.07, 6.45) is 7.64. The Bertz CT molecular complexity index is 1080. The SMILES string of the molecule is O=C(O)C(=O)O.c1csc(CNc2nc(CN3CCCCC3)nc3sc4c(c23)CCC4)c1. The Morgan fingerprint density at radius 3 is 2.53 bits per heavy atom. The number of aliphatic carboxylic acids is 2. The monoisotopic (exact) mass is 474 g/mol. The maximum atomic E-state index is 9.10. The minimum Gasteiger partial charge on any atom is -0.473 e. The number of hydrogen-bond acceptors (Lipinski definition) is 8. The molecule has 3 N–H and O–H groups in total. The fourth-order valence-electron chi connectivity index (χ4n) is 4.14. The number of hydrogen-bond donors (Lipinski definition) is 3. The summed E-state index contributed by atoms with van der Waals surface area (Å²) in [5, 5.41) is 21.8. The summed E-state index contributed by atoms with van der Waals surface area (Å²) < 4.78 is 0. The van der Waals surface area contributed by atoms with Crippen LogP contribution in [0.2, 0.25) is 0 Å². The maximum Gasteiger partial charge on any atom is 0.414 e. The Morgan fingerprint density at radius 2 is 1.84 bits per heavy atom. The number of piperidine rings is 1. The number of likely N-dealkylation sites (tertiary alicyclic amines) is 1. The lowest BCUT2D eigenvalue weighted by molar-refractivity contribution is -0.159. The van der Waals surface area contributed by atoms with Gasteiger partial charge in [-0.1, -0.05) is 12.5 Å². The van der Waals surface area contributed by atoms with Crippen molar-refractivity contribution < 1.29 is 19.8 Å². The van der Waals surface area contributed by atoms with Crippen molar-refractivity contribution in [1.29, 1.82) is 0 Å². The van der Waals surface area contributed by atoms with E-state index in [-0.39, 0.29) is 0 Å². The van der Waals surface area contributed by atoms with Gasteiger partial charge in [-0.3, -0.25) is 4.90 Å². The summed E-state index contributed by atoms with van der Waals surface area (Å²) in [5.74, 6) is -1.62. The highest BCUT2D eigenvalue weighted by atomic mass is 32.1. The number of thiophene rings is 2. The molecule has 8 nitrogen and oxygen atoms in total. The fourth-order valence-corrected chi connectivity index (χ4v) is 6.06. The highest BCUT2D eigenvalue weighted by Gasteiger charge is 2.23. The van der Waals surface area contributed by atoms with Crippen molar-refractivity contribution in [3.05, 3.63) is 38.7 Å². The Hall–Kier alpha value is -2.56. The van der Waals surface area contributed by atoms with Crippen LogP contribution in [0.25, 0.3) is 10.2 Å². The Kier molecular flexibility index (Phi) is 7.33. The van der Waals surface area contributed by atoms with E-state index in [0.29, 0.717) is 0 Å². The van der Waals surface area contributed by atoms with E-state index < -0.39 is 11.9 Å². The number of nitrogens with one attached hydrogen (secondary N) is 1. The van der Waals surface area contributed by atoms with Crippen molar-refractivity contribution in [3.8, 4) is 0 Å². The van der Waals surface area contributed by atoms with Gasteiger partial charge in [0.05, 0.1) is 18.5 Å². The molecule has 3 aromatic rings. The van der Waals surface area contributed by atoms with Gasteiger partial charge in [-0.25, -0.2) is 19.6 Å². The van der Waals surface area contributed by atoms with Gasteiger partial charge < -0.3 is 15.5 Å². The minimum absolute atomic E-state index is 0.845. The first-order valence-electron chi connectivity index (χ1n) is 10.8. The molecule has 32 heavy (non-hydrogen) atoms. The predicted molar refractivity (Wildman–Crippen MR) is 125 cm³/mol. The minimum atomic E-state index is -1.82. The average Bonchev–Trinajstić information content (AvgIpc) is 3.51. The number of aromatic nitrogens is 2. The van der Waals surface area contributed by atoms with Crippen molar-refractivity contribution in [1.82, 2.24) is 14.9 Å². The molecule has 10 heteroatoms. The van der Waals surface area contributed by atoms with Crippen LogP contribution in [0.5, 0.6) is 0 Å². The quantitative estimate of drug-likeness (QED) is 0.475. The van der Waals surface area contributed by atoms with Gasteiger partial charge in [-0.2, -0.15) is 0 Å². The molecule has 4 heterocycles. The lowest BCUT2D eigenvalue weighted by atomic mass is 10.1. The van der Waals surface area contributed by atoms with Gasteiger partial charge in [0.1, 0.15) is 16.5 Å². The summed E-state index contributed by atoms with van der Waals surface area (Å²) in [5.41, 5.74) is 1.50. The predicted octanol–water partition coefficient (Wildman–Crippen LogP) is 4.00. The number of aryl methyl sites for hydroxylation is 2. The number of carboxylic acids is 2. The van der Waals surface area contributed by atoms with E-state index in [9.17, 15) is 0 Å². The lowest BCUT2D eigenvalue weighted by Gasteiger charge is -2.25.